The van der Waals surface area contributed by atoms with Gasteiger partial charge in [-0.15, -0.1) is 23.5 Å². The van der Waals surface area contributed by atoms with Gasteiger partial charge in [0.05, 0.1) is 4.58 Å². The molecule has 0 spiro atoms. The fraction of sp³-hybridized carbons (Fsp3) is 0.167. The SMILES string of the molecule is O=C(NC(C(=O)O)C(SCc1ccccc1)SCc1ccccc1)c1ccccc1. The number of carbonyl (C=O) groups is 2. The molecule has 0 aliphatic rings. The Labute approximate surface area is 185 Å². The Morgan fingerprint density at radius 2 is 1.17 bits per heavy atom. The van der Waals surface area contributed by atoms with E-state index in [1.165, 1.54) is 23.5 Å². The smallest absolute Gasteiger partial charge is 0.328 e. The van der Waals surface area contributed by atoms with Crippen LogP contribution < -0.4 is 5.32 Å². The average molecular weight is 438 g/mol. The van der Waals surface area contributed by atoms with E-state index in [2.05, 4.69) is 5.32 Å². The molecule has 2 N–H and O–H groups in total. The van der Waals surface area contributed by atoms with Gasteiger partial charge in [-0.1, -0.05) is 78.9 Å². The van der Waals surface area contributed by atoms with E-state index in [1.54, 1.807) is 24.3 Å². The standard InChI is InChI=1S/C24H23NO3S2/c26-22(20-14-8-3-9-15-20)25-21(23(27)28)24(29-16-18-10-4-1-5-11-18)30-17-19-12-6-2-7-13-19/h1-15,21,24H,16-17H2,(H,25,26)(H,27,28). The number of benzene rings is 3. The average Bonchev–Trinajstić information content (AvgIpc) is 2.79. The van der Waals surface area contributed by atoms with Gasteiger partial charge in [-0.3, -0.25) is 4.79 Å². The fourth-order valence-electron chi connectivity index (χ4n) is 2.81. The van der Waals surface area contributed by atoms with Crippen molar-refractivity contribution in [1.82, 2.24) is 5.32 Å². The molecule has 0 fully saturated rings. The highest BCUT2D eigenvalue weighted by molar-refractivity contribution is 8.16. The molecule has 30 heavy (non-hydrogen) atoms. The molecule has 0 radical (unpaired) electrons. The van der Waals surface area contributed by atoms with E-state index in [1.807, 2.05) is 66.7 Å². The van der Waals surface area contributed by atoms with Gasteiger partial charge in [0.15, 0.2) is 0 Å². The highest BCUT2D eigenvalue weighted by Gasteiger charge is 2.31. The molecule has 1 atom stereocenters. The van der Waals surface area contributed by atoms with Crippen molar-refractivity contribution in [3.63, 3.8) is 0 Å². The molecule has 0 aromatic heterocycles. The summed E-state index contributed by atoms with van der Waals surface area (Å²) in [5.41, 5.74) is 2.68. The van der Waals surface area contributed by atoms with E-state index >= 15 is 0 Å². The van der Waals surface area contributed by atoms with Gasteiger partial charge in [-0.05, 0) is 23.3 Å². The van der Waals surface area contributed by atoms with Crippen LogP contribution in [0.5, 0.6) is 0 Å². The van der Waals surface area contributed by atoms with Crippen LogP contribution >= 0.6 is 23.5 Å². The zero-order chi connectivity index (χ0) is 21.2. The zero-order valence-corrected chi connectivity index (χ0v) is 17.9. The number of hydrogen-bond acceptors (Lipinski definition) is 4. The Morgan fingerprint density at radius 3 is 1.60 bits per heavy atom. The van der Waals surface area contributed by atoms with Crippen molar-refractivity contribution in [2.75, 3.05) is 0 Å². The minimum atomic E-state index is -1.04. The molecule has 0 aliphatic heterocycles. The number of thioether (sulfide) groups is 2. The summed E-state index contributed by atoms with van der Waals surface area (Å²) in [4.78, 5) is 24.7. The first-order chi connectivity index (χ1) is 14.6. The molecular formula is C24H23NO3S2. The molecule has 6 heteroatoms. The van der Waals surface area contributed by atoms with Crippen molar-refractivity contribution < 1.29 is 14.7 Å². The molecule has 4 nitrogen and oxygen atoms in total. The van der Waals surface area contributed by atoms with Crippen molar-refractivity contribution in [2.24, 2.45) is 0 Å². The van der Waals surface area contributed by atoms with Crippen molar-refractivity contribution in [3.8, 4) is 0 Å². The van der Waals surface area contributed by atoms with Gasteiger partial charge < -0.3 is 10.4 Å². The number of nitrogens with one attached hydrogen (secondary N) is 1. The Kier molecular flexibility index (Phi) is 8.41. The second-order valence-corrected chi connectivity index (χ2v) is 9.18. The zero-order valence-electron chi connectivity index (χ0n) is 16.3. The summed E-state index contributed by atoms with van der Waals surface area (Å²) in [5.74, 6) is -0.0876. The first kappa shape index (κ1) is 22.0. The molecule has 1 unspecified atom stereocenters. The van der Waals surface area contributed by atoms with E-state index in [9.17, 15) is 14.7 Å². The van der Waals surface area contributed by atoms with Crippen molar-refractivity contribution in [1.29, 1.82) is 0 Å². The van der Waals surface area contributed by atoms with Gasteiger partial charge in [0.2, 0.25) is 0 Å². The number of carboxylic acid groups (broad SMARTS) is 1. The Balaban J connectivity index is 1.75. The van der Waals surface area contributed by atoms with Crippen molar-refractivity contribution in [3.05, 3.63) is 108 Å². The van der Waals surface area contributed by atoms with Crippen molar-refractivity contribution in [2.45, 2.75) is 22.1 Å². The van der Waals surface area contributed by atoms with Crippen LogP contribution in [0.25, 0.3) is 0 Å². The number of hydrogen-bond donors (Lipinski definition) is 2. The summed E-state index contributed by atoms with van der Waals surface area (Å²) in [6.07, 6.45) is 0. The Hall–Kier alpha value is -2.70. The Morgan fingerprint density at radius 1 is 0.733 bits per heavy atom. The van der Waals surface area contributed by atoms with Gasteiger partial charge >= 0.3 is 5.97 Å². The minimum Gasteiger partial charge on any atom is -0.480 e. The van der Waals surface area contributed by atoms with Gasteiger partial charge in [-0.2, -0.15) is 0 Å². The molecular weight excluding hydrogens is 414 g/mol. The van der Waals surface area contributed by atoms with Gasteiger partial charge in [-0.25, -0.2) is 4.79 Å². The lowest BCUT2D eigenvalue weighted by atomic mass is 10.2. The number of carbonyl (C=O) groups excluding carboxylic acids is 1. The topological polar surface area (TPSA) is 66.4 Å². The number of amides is 1. The first-order valence-electron chi connectivity index (χ1n) is 9.53. The summed E-state index contributed by atoms with van der Waals surface area (Å²) >= 11 is 3.07. The van der Waals surface area contributed by atoms with Crippen LogP contribution in [0.2, 0.25) is 0 Å². The molecule has 0 saturated carbocycles. The highest BCUT2D eigenvalue weighted by Crippen LogP contribution is 2.32. The van der Waals surface area contributed by atoms with Gasteiger partial charge in [0.1, 0.15) is 6.04 Å². The monoisotopic (exact) mass is 437 g/mol. The normalized spacial score (nSPS) is 11.8. The van der Waals surface area contributed by atoms with E-state index in [0.717, 1.165) is 11.1 Å². The van der Waals surface area contributed by atoms with Crippen molar-refractivity contribution >= 4 is 35.4 Å². The first-order valence-corrected chi connectivity index (χ1v) is 11.6. The maximum atomic E-state index is 12.6. The van der Waals surface area contributed by atoms with E-state index < -0.39 is 12.0 Å². The van der Waals surface area contributed by atoms with Crippen LogP contribution in [-0.4, -0.2) is 27.6 Å². The van der Waals surface area contributed by atoms with Crippen LogP contribution in [0.4, 0.5) is 0 Å². The summed E-state index contributed by atoms with van der Waals surface area (Å²) in [5, 5.41) is 12.6. The summed E-state index contributed by atoms with van der Waals surface area (Å²) in [7, 11) is 0. The fourth-order valence-corrected chi connectivity index (χ4v) is 5.45. The van der Waals surface area contributed by atoms with Crippen LogP contribution in [0.1, 0.15) is 21.5 Å². The molecule has 3 rings (SSSR count). The second kappa shape index (κ2) is 11.5. The molecule has 0 bridgehead atoms. The summed E-state index contributed by atoms with van der Waals surface area (Å²) in [6, 6.07) is 27.5. The number of carboxylic acids is 1. The third kappa shape index (κ3) is 6.68. The van der Waals surface area contributed by atoms with E-state index in [0.29, 0.717) is 17.1 Å². The van der Waals surface area contributed by atoms with Crippen LogP contribution in [-0.2, 0) is 16.3 Å². The number of aliphatic carboxylic acids is 1. The van der Waals surface area contributed by atoms with Gasteiger partial charge in [0, 0.05) is 17.1 Å². The summed E-state index contributed by atoms with van der Waals surface area (Å²) < 4.78 is -0.351. The Bertz CT molecular complexity index is 893. The van der Waals surface area contributed by atoms with Crippen LogP contribution in [0, 0.1) is 0 Å². The van der Waals surface area contributed by atoms with Crippen LogP contribution in [0.15, 0.2) is 91.0 Å². The summed E-state index contributed by atoms with van der Waals surface area (Å²) in [6.45, 7) is 0. The molecule has 0 aliphatic carbocycles. The molecule has 3 aromatic carbocycles. The number of rotatable bonds is 10. The molecule has 0 saturated heterocycles. The lowest BCUT2D eigenvalue weighted by Crippen LogP contribution is -2.46. The second-order valence-electron chi connectivity index (χ2n) is 6.62. The maximum Gasteiger partial charge on any atom is 0.328 e. The molecule has 3 aromatic rings. The predicted molar refractivity (Wildman–Crippen MR) is 125 cm³/mol. The predicted octanol–water partition coefficient (Wildman–Crippen LogP) is 5.06. The molecule has 1 amide bonds. The maximum absolute atomic E-state index is 12.6. The minimum absolute atomic E-state index is 0.351. The van der Waals surface area contributed by atoms with Gasteiger partial charge in [0.25, 0.3) is 5.91 Å². The highest BCUT2D eigenvalue weighted by atomic mass is 32.2. The van der Waals surface area contributed by atoms with E-state index in [-0.39, 0.29) is 10.5 Å². The third-order valence-corrected chi connectivity index (χ3v) is 7.39. The third-order valence-electron chi connectivity index (χ3n) is 4.37. The lowest BCUT2D eigenvalue weighted by Gasteiger charge is -2.24. The lowest BCUT2D eigenvalue weighted by molar-refractivity contribution is -0.138. The quantitative estimate of drug-likeness (QED) is 0.434. The van der Waals surface area contributed by atoms with Crippen LogP contribution in [0.3, 0.4) is 0 Å². The largest absolute Gasteiger partial charge is 0.480 e. The van der Waals surface area contributed by atoms with E-state index in [4.69, 9.17) is 0 Å². The molecule has 154 valence electrons. The molecule has 0 heterocycles.